The second kappa shape index (κ2) is 5.59. The maximum absolute atomic E-state index is 12.6. The Morgan fingerprint density at radius 2 is 1.90 bits per heavy atom. The predicted octanol–water partition coefficient (Wildman–Crippen LogP) is 2.51. The lowest BCUT2D eigenvalue weighted by atomic mass is 9.98. The molecule has 0 radical (unpaired) electrons. The minimum Gasteiger partial charge on any atom is -0.478 e. The van der Waals surface area contributed by atoms with E-state index in [4.69, 9.17) is 5.11 Å². The summed E-state index contributed by atoms with van der Waals surface area (Å²) in [6.45, 7) is 0. The largest absolute Gasteiger partial charge is 0.478 e. The van der Waals surface area contributed by atoms with E-state index in [0.717, 1.165) is 36.2 Å². The van der Waals surface area contributed by atoms with Crippen molar-refractivity contribution in [3.05, 3.63) is 40.3 Å². The zero-order valence-corrected chi connectivity index (χ0v) is 12.0. The van der Waals surface area contributed by atoms with Crippen LogP contribution in [0.15, 0.2) is 34.7 Å². The molecule has 2 atom stereocenters. The zero-order valence-electron chi connectivity index (χ0n) is 11.2. The Bertz CT molecular complexity index is 625. The molecule has 0 amide bonds. The Hall–Kier alpha value is -1.70. The van der Waals surface area contributed by atoms with Gasteiger partial charge in [-0.1, -0.05) is 0 Å². The van der Waals surface area contributed by atoms with Gasteiger partial charge in [-0.25, -0.2) is 19.1 Å². The molecule has 0 bridgehead atoms. The Morgan fingerprint density at radius 3 is 2.52 bits per heavy atom. The summed E-state index contributed by atoms with van der Waals surface area (Å²) in [4.78, 5) is 16.3. The lowest BCUT2D eigenvalue weighted by Crippen LogP contribution is -2.34. The van der Waals surface area contributed by atoms with Crippen LogP contribution in [0.4, 0.5) is 5.69 Å². The normalized spacial score (nSPS) is 25.1. The fourth-order valence-corrected chi connectivity index (χ4v) is 4.43. The van der Waals surface area contributed by atoms with Gasteiger partial charge in [-0.15, -0.1) is 0 Å². The quantitative estimate of drug-likeness (QED) is 0.662. The van der Waals surface area contributed by atoms with E-state index >= 15 is 0 Å². The van der Waals surface area contributed by atoms with E-state index in [1.807, 2.05) is 0 Å². The number of aromatic carboxylic acids is 1. The number of hydrogen-bond donors (Lipinski definition) is 2. The van der Waals surface area contributed by atoms with Gasteiger partial charge in [0.25, 0.3) is 0 Å². The molecule has 112 valence electrons. The van der Waals surface area contributed by atoms with Gasteiger partial charge in [-0.2, -0.15) is 0 Å². The number of nitrogens with zero attached hydrogens (tertiary/aromatic N) is 1. The van der Waals surface area contributed by atoms with Gasteiger partial charge in [0.05, 0.1) is 11.3 Å². The second-order valence-electron chi connectivity index (χ2n) is 5.04. The average molecular weight is 309 g/mol. The van der Waals surface area contributed by atoms with Crippen LogP contribution in [0.2, 0.25) is 0 Å². The summed E-state index contributed by atoms with van der Waals surface area (Å²) in [7, 11) is -1.39. The first-order valence-corrected chi connectivity index (χ1v) is 7.81. The van der Waals surface area contributed by atoms with Crippen molar-refractivity contribution in [1.29, 1.82) is 0 Å². The summed E-state index contributed by atoms with van der Waals surface area (Å²) < 4.78 is 14.1. The summed E-state index contributed by atoms with van der Waals surface area (Å²) >= 11 is 0. The lowest BCUT2D eigenvalue weighted by Gasteiger charge is -2.24. The molecule has 1 heterocycles. The minimum atomic E-state index is -1.39. The number of allylic oxidation sites excluding steroid dienone is 1. The molecule has 2 aliphatic rings. The summed E-state index contributed by atoms with van der Waals surface area (Å²) in [6, 6.07) is 6.04. The van der Waals surface area contributed by atoms with Crippen molar-refractivity contribution in [2.75, 3.05) is 4.31 Å². The minimum absolute atomic E-state index is 0.155. The first kappa shape index (κ1) is 14.2. The Morgan fingerprint density at radius 1 is 1.24 bits per heavy atom. The molecule has 2 N–H and O–H groups in total. The van der Waals surface area contributed by atoms with E-state index < -0.39 is 23.2 Å². The fourth-order valence-electron chi connectivity index (χ4n) is 2.80. The lowest BCUT2D eigenvalue weighted by molar-refractivity contribution is -0.265. The van der Waals surface area contributed by atoms with Gasteiger partial charge in [-0.3, -0.25) is 4.31 Å². The standard InChI is InChI=1S/C14H15NO5S/c16-14(17)9-5-7-10(8-6-9)15-13(20-18)11-3-1-2-4-12(11)21(15)19/h5-8,13,18H,1-4H2,(H,16,17)/t13-,21?/m1/s1. The molecule has 1 aliphatic carbocycles. The van der Waals surface area contributed by atoms with Crippen LogP contribution in [0, 0.1) is 0 Å². The molecule has 0 aromatic heterocycles. The molecule has 0 spiro atoms. The van der Waals surface area contributed by atoms with Gasteiger partial charge in [0.1, 0.15) is 0 Å². The SMILES string of the molecule is O=C(O)c1ccc(N2[C@H](OO)C3=C(CCCC3)S2=O)cc1. The molecule has 1 unspecified atom stereocenters. The van der Waals surface area contributed by atoms with E-state index in [2.05, 4.69) is 4.89 Å². The maximum atomic E-state index is 12.6. The van der Waals surface area contributed by atoms with Crippen molar-refractivity contribution in [3.63, 3.8) is 0 Å². The number of carbonyl (C=O) groups is 1. The van der Waals surface area contributed by atoms with E-state index in [9.17, 15) is 14.3 Å². The van der Waals surface area contributed by atoms with Crippen LogP contribution in [0.25, 0.3) is 0 Å². The number of benzene rings is 1. The van der Waals surface area contributed by atoms with E-state index in [1.54, 1.807) is 12.1 Å². The summed E-state index contributed by atoms with van der Waals surface area (Å²) in [5, 5.41) is 18.1. The van der Waals surface area contributed by atoms with Crippen molar-refractivity contribution < 1.29 is 24.3 Å². The van der Waals surface area contributed by atoms with Crippen LogP contribution in [0.1, 0.15) is 36.0 Å². The zero-order chi connectivity index (χ0) is 15.0. The van der Waals surface area contributed by atoms with Gasteiger partial charge in [0.2, 0.25) is 0 Å². The maximum Gasteiger partial charge on any atom is 0.335 e. The molecule has 1 aromatic carbocycles. The fraction of sp³-hybridized carbons (Fsp3) is 0.357. The highest BCUT2D eigenvalue weighted by atomic mass is 32.2. The summed E-state index contributed by atoms with van der Waals surface area (Å²) in [6.07, 6.45) is 2.72. The van der Waals surface area contributed by atoms with Gasteiger partial charge in [0.15, 0.2) is 17.2 Å². The van der Waals surface area contributed by atoms with E-state index in [-0.39, 0.29) is 5.56 Å². The second-order valence-corrected chi connectivity index (χ2v) is 6.42. The Kier molecular flexibility index (Phi) is 3.79. The first-order chi connectivity index (χ1) is 10.1. The molecule has 3 rings (SSSR count). The Balaban J connectivity index is 1.95. The molecule has 6 nitrogen and oxygen atoms in total. The number of hydrogen-bond acceptors (Lipinski definition) is 4. The number of carboxylic acids is 1. The van der Waals surface area contributed by atoms with E-state index in [0.29, 0.717) is 5.69 Å². The summed E-state index contributed by atoms with van der Waals surface area (Å²) in [5.41, 5.74) is 1.60. The third-order valence-corrected chi connectivity index (χ3v) is 5.47. The smallest absolute Gasteiger partial charge is 0.335 e. The third-order valence-electron chi connectivity index (χ3n) is 3.83. The highest BCUT2D eigenvalue weighted by molar-refractivity contribution is 7.90. The van der Waals surface area contributed by atoms with Crippen LogP contribution in [0.3, 0.4) is 0 Å². The Labute approximate surface area is 124 Å². The van der Waals surface area contributed by atoms with Gasteiger partial charge >= 0.3 is 5.97 Å². The van der Waals surface area contributed by atoms with Gasteiger partial charge in [0, 0.05) is 4.91 Å². The third kappa shape index (κ3) is 2.37. The number of anilines is 1. The monoisotopic (exact) mass is 309 g/mol. The van der Waals surface area contributed by atoms with Crippen LogP contribution in [-0.2, 0) is 15.9 Å². The molecule has 0 fully saturated rings. The van der Waals surface area contributed by atoms with Crippen LogP contribution < -0.4 is 4.31 Å². The molecule has 0 saturated heterocycles. The highest BCUT2D eigenvalue weighted by Gasteiger charge is 2.41. The van der Waals surface area contributed by atoms with Gasteiger partial charge in [-0.05, 0) is 55.5 Å². The molecule has 1 aromatic rings. The van der Waals surface area contributed by atoms with Crippen LogP contribution in [-0.4, -0.2) is 26.8 Å². The number of rotatable bonds is 3. The predicted molar refractivity (Wildman–Crippen MR) is 77.0 cm³/mol. The first-order valence-electron chi connectivity index (χ1n) is 6.70. The number of carboxylic acid groups (broad SMARTS) is 1. The molecule has 0 saturated carbocycles. The van der Waals surface area contributed by atoms with Crippen molar-refractivity contribution in [2.45, 2.75) is 31.9 Å². The molecular weight excluding hydrogens is 294 g/mol. The molecule has 21 heavy (non-hydrogen) atoms. The topological polar surface area (TPSA) is 87.1 Å². The van der Waals surface area contributed by atoms with Crippen molar-refractivity contribution in [2.24, 2.45) is 0 Å². The molecule has 7 heteroatoms. The molecule has 1 aliphatic heterocycles. The van der Waals surface area contributed by atoms with Crippen molar-refractivity contribution >= 4 is 22.6 Å². The average Bonchev–Trinajstić information content (AvgIpc) is 2.80. The van der Waals surface area contributed by atoms with Crippen LogP contribution in [0.5, 0.6) is 0 Å². The van der Waals surface area contributed by atoms with E-state index in [1.165, 1.54) is 16.4 Å². The highest BCUT2D eigenvalue weighted by Crippen LogP contribution is 2.41. The molecular formula is C14H15NO5S. The van der Waals surface area contributed by atoms with Crippen molar-refractivity contribution in [3.8, 4) is 0 Å². The van der Waals surface area contributed by atoms with Crippen LogP contribution >= 0.6 is 0 Å². The summed E-state index contributed by atoms with van der Waals surface area (Å²) in [5.74, 6) is -1.02. The van der Waals surface area contributed by atoms with Gasteiger partial charge < -0.3 is 5.11 Å². The van der Waals surface area contributed by atoms with Crippen molar-refractivity contribution in [1.82, 2.24) is 0 Å².